The first-order chi connectivity index (χ1) is 15.5. The number of benzene rings is 2. The Kier molecular flexibility index (Phi) is 6.27. The van der Waals surface area contributed by atoms with E-state index in [1.165, 1.54) is 6.21 Å². The molecule has 2 amide bonds. The SMILES string of the molecule is COc1ccc(-c2ccc(C=NNC(=O)CNC(=O)c3ccc4c(c3)OCO4)o2)cc1Cl. The predicted molar refractivity (Wildman–Crippen MR) is 116 cm³/mol. The summed E-state index contributed by atoms with van der Waals surface area (Å²) in [6.45, 7) is -0.135. The molecule has 0 fully saturated rings. The van der Waals surface area contributed by atoms with Crippen molar-refractivity contribution < 1.29 is 28.2 Å². The lowest BCUT2D eigenvalue weighted by Gasteiger charge is -2.05. The molecule has 1 aliphatic heterocycles. The van der Waals surface area contributed by atoms with Gasteiger partial charge >= 0.3 is 0 Å². The molecule has 0 atom stereocenters. The number of amides is 2. The third-order valence-corrected chi connectivity index (χ3v) is 4.78. The first kappa shape index (κ1) is 21.3. The number of fused-ring (bicyclic) bond motifs is 1. The smallest absolute Gasteiger partial charge is 0.259 e. The molecule has 164 valence electrons. The summed E-state index contributed by atoms with van der Waals surface area (Å²) < 4.78 is 21.2. The molecule has 2 N–H and O–H groups in total. The van der Waals surface area contributed by atoms with Crippen LogP contribution in [0.25, 0.3) is 11.3 Å². The monoisotopic (exact) mass is 455 g/mol. The van der Waals surface area contributed by atoms with E-state index in [1.807, 2.05) is 6.07 Å². The van der Waals surface area contributed by atoms with Crippen molar-refractivity contribution in [2.45, 2.75) is 0 Å². The number of furan rings is 1. The molecule has 0 radical (unpaired) electrons. The van der Waals surface area contributed by atoms with Crippen LogP contribution in [0.5, 0.6) is 17.2 Å². The number of nitrogens with zero attached hydrogens (tertiary/aromatic N) is 1. The van der Waals surface area contributed by atoms with Crippen LogP contribution >= 0.6 is 11.6 Å². The number of ether oxygens (including phenoxy) is 3. The summed E-state index contributed by atoms with van der Waals surface area (Å²) in [5.74, 6) is 1.72. The third-order valence-electron chi connectivity index (χ3n) is 4.49. The van der Waals surface area contributed by atoms with Gasteiger partial charge < -0.3 is 23.9 Å². The molecule has 1 aromatic heterocycles. The van der Waals surface area contributed by atoms with Crippen molar-refractivity contribution in [2.75, 3.05) is 20.4 Å². The molecule has 0 spiro atoms. The summed E-state index contributed by atoms with van der Waals surface area (Å²) in [6.07, 6.45) is 1.35. The van der Waals surface area contributed by atoms with Gasteiger partial charge in [0, 0.05) is 11.1 Å². The second-order valence-corrected chi connectivity index (χ2v) is 7.00. The largest absolute Gasteiger partial charge is 0.495 e. The molecule has 1 aliphatic rings. The highest BCUT2D eigenvalue weighted by Gasteiger charge is 2.16. The number of rotatable bonds is 7. The lowest BCUT2D eigenvalue weighted by atomic mass is 10.2. The van der Waals surface area contributed by atoms with Gasteiger partial charge in [0.1, 0.15) is 17.3 Å². The van der Waals surface area contributed by atoms with E-state index >= 15 is 0 Å². The highest BCUT2D eigenvalue weighted by atomic mass is 35.5. The number of carbonyl (C=O) groups excluding carboxylic acids is 2. The first-order valence-corrected chi connectivity index (χ1v) is 9.85. The predicted octanol–water partition coefficient (Wildman–Crippen LogP) is 3.22. The fourth-order valence-corrected chi connectivity index (χ4v) is 3.16. The molecule has 32 heavy (non-hydrogen) atoms. The van der Waals surface area contributed by atoms with Crippen LogP contribution in [0.2, 0.25) is 5.02 Å². The Morgan fingerprint density at radius 2 is 1.97 bits per heavy atom. The molecule has 0 unspecified atom stereocenters. The Bertz CT molecular complexity index is 1190. The summed E-state index contributed by atoms with van der Waals surface area (Å²) in [7, 11) is 1.54. The van der Waals surface area contributed by atoms with Gasteiger partial charge in [-0.05, 0) is 48.5 Å². The Morgan fingerprint density at radius 1 is 1.12 bits per heavy atom. The number of hydrogen-bond donors (Lipinski definition) is 2. The van der Waals surface area contributed by atoms with Gasteiger partial charge in [0.15, 0.2) is 11.5 Å². The van der Waals surface area contributed by atoms with Crippen molar-refractivity contribution >= 4 is 29.6 Å². The van der Waals surface area contributed by atoms with Crippen molar-refractivity contribution in [3.8, 4) is 28.6 Å². The van der Waals surface area contributed by atoms with Gasteiger partial charge in [-0.1, -0.05) is 11.6 Å². The highest BCUT2D eigenvalue weighted by Crippen LogP contribution is 2.32. The van der Waals surface area contributed by atoms with Crippen LogP contribution in [0.1, 0.15) is 16.1 Å². The lowest BCUT2D eigenvalue weighted by Crippen LogP contribution is -2.34. The Morgan fingerprint density at radius 3 is 2.78 bits per heavy atom. The highest BCUT2D eigenvalue weighted by molar-refractivity contribution is 6.32. The van der Waals surface area contributed by atoms with Crippen LogP contribution in [-0.2, 0) is 4.79 Å². The summed E-state index contributed by atoms with van der Waals surface area (Å²) in [5, 5.41) is 6.82. The van der Waals surface area contributed by atoms with Crippen LogP contribution < -0.4 is 25.0 Å². The molecule has 0 bridgehead atoms. The van der Waals surface area contributed by atoms with Crippen LogP contribution in [0.4, 0.5) is 0 Å². The molecule has 2 aromatic carbocycles. The van der Waals surface area contributed by atoms with Crippen molar-refractivity contribution in [3.63, 3.8) is 0 Å². The standard InChI is InChI=1S/C22H18ClN3O6/c1-29-18-5-2-13(8-16(18)23)17-7-4-15(32-17)10-25-26-21(27)11-24-22(28)14-3-6-19-20(9-14)31-12-30-19/h2-10H,11-12H2,1H3,(H,24,28)(H,26,27). The lowest BCUT2D eigenvalue weighted by molar-refractivity contribution is -0.120. The first-order valence-electron chi connectivity index (χ1n) is 9.47. The minimum atomic E-state index is -0.496. The fourth-order valence-electron chi connectivity index (χ4n) is 2.90. The maximum absolute atomic E-state index is 12.2. The van der Waals surface area contributed by atoms with E-state index in [4.69, 9.17) is 30.2 Å². The van der Waals surface area contributed by atoms with Crippen molar-refractivity contribution in [1.29, 1.82) is 0 Å². The quantitative estimate of drug-likeness (QED) is 0.418. The maximum atomic E-state index is 12.2. The van der Waals surface area contributed by atoms with E-state index in [9.17, 15) is 9.59 Å². The van der Waals surface area contributed by atoms with E-state index in [-0.39, 0.29) is 13.3 Å². The molecule has 2 heterocycles. The van der Waals surface area contributed by atoms with Crippen molar-refractivity contribution in [1.82, 2.24) is 10.7 Å². The Hall–Kier alpha value is -3.98. The summed E-state index contributed by atoms with van der Waals surface area (Å²) in [6, 6.07) is 13.5. The maximum Gasteiger partial charge on any atom is 0.259 e. The Balaban J connectivity index is 1.27. The zero-order valence-electron chi connectivity index (χ0n) is 16.9. The fraction of sp³-hybridized carbons (Fsp3) is 0.136. The third kappa shape index (κ3) is 4.84. The molecule has 10 heteroatoms. The molecule has 0 aliphatic carbocycles. The van der Waals surface area contributed by atoms with E-state index in [0.29, 0.717) is 39.4 Å². The van der Waals surface area contributed by atoms with Gasteiger partial charge in [-0.25, -0.2) is 5.43 Å². The molecule has 0 saturated carbocycles. The van der Waals surface area contributed by atoms with Crippen LogP contribution in [0.15, 0.2) is 58.0 Å². The van der Waals surface area contributed by atoms with Crippen LogP contribution in [0.3, 0.4) is 0 Å². The van der Waals surface area contributed by atoms with E-state index in [2.05, 4.69) is 15.8 Å². The van der Waals surface area contributed by atoms with Gasteiger partial charge in [-0.2, -0.15) is 5.10 Å². The Labute approximate surface area is 187 Å². The number of hydrazone groups is 1. The van der Waals surface area contributed by atoms with E-state index in [0.717, 1.165) is 5.56 Å². The minimum absolute atomic E-state index is 0.117. The molecule has 9 nitrogen and oxygen atoms in total. The second-order valence-electron chi connectivity index (χ2n) is 6.60. The minimum Gasteiger partial charge on any atom is -0.495 e. The molecule has 3 aromatic rings. The number of nitrogens with one attached hydrogen (secondary N) is 2. The summed E-state index contributed by atoms with van der Waals surface area (Å²) in [5.41, 5.74) is 3.45. The second kappa shape index (κ2) is 9.44. The van der Waals surface area contributed by atoms with Gasteiger partial charge in [-0.15, -0.1) is 0 Å². The number of methoxy groups -OCH3 is 1. The van der Waals surface area contributed by atoms with Gasteiger partial charge in [-0.3, -0.25) is 9.59 Å². The van der Waals surface area contributed by atoms with Crippen molar-refractivity contribution in [2.24, 2.45) is 5.10 Å². The molecule has 4 rings (SSSR count). The average molecular weight is 456 g/mol. The van der Waals surface area contributed by atoms with E-state index < -0.39 is 11.8 Å². The van der Waals surface area contributed by atoms with Gasteiger partial charge in [0.25, 0.3) is 11.8 Å². The van der Waals surface area contributed by atoms with E-state index in [1.54, 1.807) is 49.6 Å². The topological polar surface area (TPSA) is 111 Å². The zero-order valence-corrected chi connectivity index (χ0v) is 17.6. The summed E-state index contributed by atoms with van der Waals surface area (Å²) >= 11 is 6.14. The van der Waals surface area contributed by atoms with Crippen LogP contribution in [0, 0.1) is 0 Å². The summed E-state index contributed by atoms with van der Waals surface area (Å²) in [4.78, 5) is 24.1. The number of carbonyl (C=O) groups is 2. The zero-order chi connectivity index (χ0) is 22.5. The van der Waals surface area contributed by atoms with Crippen LogP contribution in [-0.4, -0.2) is 38.5 Å². The van der Waals surface area contributed by atoms with Gasteiger partial charge in [0.05, 0.1) is 24.9 Å². The molecular weight excluding hydrogens is 438 g/mol. The molecule has 0 saturated heterocycles. The number of halogens is 1. The normalized spacial score (nSPS) is 12.1. The average Bonchev–Trinajstić information content (AvgIpc) is 3.46. The number of hydrogen-bond acceptors (Lipinski definition) is 7. The molecular formula is C22H18ClN3O6. The van der Waals surface area contributed by atoms with Gasteiger partial charge in [0.2, 0.25) is 6.79 Å². The van der Waals surface area contributed by atoms with Crippen molar-refractivity contribution in [3.05, 3.63) is 64.9 Å².